The number of benzene rings is 1. The van der Waals surface area contributed by atoms with Crippen LogP contribution in [0.5, 0.6) is 0 Å². The molecule has 27 heavy (non-hydrogen) atoms. The van der Waals surface area contributed by atoms with Gasteiger partial charge in [0.1, 0.15) is 4.88 Å². The number of rotatable bonds is 5. The van der Waals surface area contributed by atoms with Gasteiger partial charge in [-0.3, -0.25) is 10.1 Å². The van der Waals surface area contributed by atoms with E-state index in [-0.39, 0.29) is 22.4 Å². The average molecular weight is 407 g/mol. The summed E-state index contributed by atoms with van der Waals surface area (Å²) >= 11 is 1.42. The van der Waals surface area contributed by atoms with Crippen LogP contribution in [0.15, 0.2) is 33.6 Å². The molecule has 0 bridgehead atoms. The van der Waals surface area contributed by atoms with E-state index in [2.05, 4.69) is 20.5 Å². The molecule has 0 aliphatic heterocycles. The number of nitrogens with zero attached hydrogens (tertiary/aromatic N) is 4. The Balaban J connectivity index is 1.76. The maximum absolute atomic E-state index is 12.3. The van der Waals surface area contributed by atoms with E-state index >= 15 is 0 Å². The highest BCUT2D eigenvalue weighted by Crippen LogP contribution is 2.29. The van der Waals surface area contributed by atoms with Crippen molar-refractivity contribution < 1.29 is 17.6 Å². The van der Waals surface area contributed by atoms with E-state index in [0.717, 1.165) is 19.9 Å². The molecule has 0 saturated heterocycles. The van der Waals surface area contributed by atoms with E-state index in [9.17, 15) is 13.2 Å². The van der Waals surface area contributed by atoms with Crippen LogP contribution in [0.4, 0.5) is 6.01 Å². The first kappa shape index (κ1) is 19.1. The Labute approximate surface area is 160 Å². The number of thiazole rings is 1. The molecule has 11 heteroatoms. The van der Waals surface area contributed by atoms with E-state index in [1.165, 1.54) is 49.7 Å². The summed E-state index contributed by atoms with van der Waals surface area (Å²) < 4.78 is 30.7. The molecule has 0 radical (unpaired) electrons. The normalized spacial score (nSPS) is 11.7. The van der Waals surface area contributed by atoms with Gasteiger partial charge in [0, 0.05) is 19.7 Å². The highest BCUT2D eigenvalue weighted by molar-refractivity contribution is 7.89. The third-order valence-corrected chi connectivity index (χ3v) is 6.53. The average Bonchev–Trinajstić information content (AvgIpc) is 3.20. The van der Waals surface area contributed by atoms with Gasteiger partial charge in [-0.15, -0.1) is 16.4 Å². The van der Waals surface area contributed by atoms with Crippen molar-refractivity contribution in [2.24, 2.45) is 0 Å². The summed E-state index contributed by atoms with van der Waals surface area (Å²) in [6.45, 7) is 3.71. The molecular formula is C16H17N5O4S2. The fourth-order valence-corrected chi connectivity index (χ4v) is 4.00. The number of carbonyl (C=O) groups excluding carboxylic acids is 1. The predicted octanol–water partition coefficient (Wildman–Crippen LogP) is 2.31. The van der Waals surface area contributed by atoms with Crippen molar-refractivity contribution in [3.8, 4) is 10.8 Å². The first-order chi connectivity index (χ1) is 12.7. The van der Waals surface area contributed by atoms with E-state index in [0.29, 0.717) is 0 Å². The van der Waals surface area contributed by atoms with Crippen LogP contribution >= 0.6 is 11.3 Å². The van der Waals surface area contributed by atoms with E-state index in [4.69, 9.17) is 4.42 Å². The quantitative estimate of drug-likeness (QED) is 0.689. The van der Waals surface area contributed by atoms with Crippen LogP contribution in [0.3, 0.4) is 0 Å². The Bertz CT molecular complexity index is 1080. The zero-order valence-electron chi connectivity index (χ0n) is 15.0. The van der Waals surface area contributed by atoms with Crippen molar-refractivity contribution in [2.45, 2.75) is 18.7 Å². The topological polar surface area (TPSA) is 118 Å². The molecular weight excluding hydrogens is 390 g/mol. The van der Waals surface area contributed by atoms with E-state index < -0.39 is 15.9 Å². The summed E-state index contributed by atoms with van der Waals surface area (Å²) in [5.41, 5.74) is 1.04. The van der Waals surface area contributed by atoms with Crippen LogP contribution < -0.4 is 5.32 Å². The fraction of sp³-hybridized carbons (Fsp3) is 0.250. The fourth-order valence-electron chi connectivity index (χ4n) is 2.25. The molecule has 0 aliphatic carbocycles. The highest BCUT2D eigenvalue weighted by atomic mass is 32.2. The standard InChI is InChI=1S/C16H17N5O4S2/c1-9-13(26-10(2)17-9)15-19-20-16(25-15)18-14(22)11-5-7-12(8-6-11)27(23,24)21(3)4/h5-8H,1-4H3,(H,18,20,22). The second-order valence-electron chi connectivity index (χ2n) is 5.83. The monoisotopic (exact) mass is 407 g/mol. The minimum absolute atomic E-state index is 0.0505. The molecule has 142 valence electrons. The van der Waals surface area contributed by atoms with Gasteiger partial charge in [-0.2, -0.15) is 0 Å². The summed E-state index contributed by atoms with van der Waals surface area (Å²) in [5, 5.41) is 11.1. The highest BCUT2D eigenvalue weighted by Gasteiger charge is 2.19. The summed E-state index contributed by atoms with van der Waals surface area (Å²) in [6, 6.07) is 5.52. The van der Waals surface area contributed by atoms with Gasteiger partial charge in [0.15, 0.2) is 0 Å². The van der Waals surface area contributed by atoms with E-state index in [1.54, 1.807) is 0 Å². The van der Waals surface area contributed by atoms with Gasteiger partial charge in [0.2, 0.25) is 10.0 Å². The number of nitrogens with one attached hydrogen (secondary N) is 1. The summed E-state index contributed by atoms with van der Waals surface area (Å²) in [6.07, 6.45) is 0. The van der Waals surface area contributed by atoms with Crippen LogP contribution in [0.2, 0.25) is 0 Å². The van der Waals surface area contributed by atoms with Gasteiger partial charge >= 0.3 is 6.01 Å². The number of hydrogen-bond acceptors (Lipinski definition) is 8. The summed E-state index contributed by atoms with van der Waals surface area (Å²) in [4.78, 5) is 17.5. The van der Waals surface area contributed by atoms with Crippen molar-refractivity contribution >= 4 is 33.3 Å². The first-order valence-corrected chi connectivity index (χ1v) is 10.1. The number of carbonyl (C=O) groups is 1. The van der Waals surface area contributed by atoms with Crippen LogP contribution in [-0.2, 0) is 10.0 Å². The molecule has 3 rings (SSSR count). The van der Waals surface area contributed by atoms with Gasteiger partial charge in [-0.25, -0.2) is 17.7 Å². The molecule has 0 spiro atoms. The van der Waals surface area contributed by atoms with Crippen LogP contribution in [0.25, 0.3) is 10.8 Å². The molecule has 3 aromatic rings. The molecule has 0 saturated carbocycles. The van der Waals surface area contributed by atoms with Crippen molar-refractivity contribution in [1.82, 2.24) is 19.5 Å². The number of amides is 1. The second-order valence-corrected chi connectivity index (χ2v) is 9.18. The van der Waals surface area contributed by atoms with Crippen molar-refractivity contribution in [3.05, 3.63) is 40.5 Å². The molecule has 0 fully saturated rings. The lowest BCUT2D eigenvalue weighted by atomic mass is 10.2. The largest absolute Gasteiger partial charge is 0.402 e. The van der Waals surface area contributed by atoms with Gasteiger partial charge in [0.25, 0.3) is 11.8 Å². The number of sulfonamides is 1. The Morgan fingerprint density at radius 2 is 1.81 bits per heavy atom. The Hall–Kier alpha value is -2.63. The molecule has 9 nitrogen and oxygen atoms in total. The second kappa shape index (κ2) is 7.18. The van der Waals surface area contributed by atoms with Crippen molar-refractivity contribution in [1.29, 1.82) is 0 Å². The molecule has 0 atom stereocenters. The minimum atomic E-state index is -3.55. The number of hydrogen-bond donors (Lipinski definition) is 1. The number of anilines is 1. The van der Waals surface area contributed by atoms with Crippen LogP contribution in [0, 0.1) is 13.8 Å². The SMILES string of the molecule is Cc1nc(C)c(-c2nnc(NC(=O)c3ccc(S(=O)(=O)N(C)C)cc3)o2)s1. The lowest BCUT2D eigenvalue weighted by Gasteiger charge is -2.11. The number of aromatic nitrogens is 3. The van der Waals surface area contributed by atoms with Crippen molar-refractivity contribution in [3.63, 3.8) is 0 Å². The molecule has 2 aromatic heterocycles. The first-order valence-electron chi connectivity index (χ1n) is 7.80. The maximum atomic E-state index is 12.3. The predicted molar refractivity (Wildman–Crippen MR) is 100 cm³/mol. The maximum Gasteiger partial charge on any atom is 0.322 e. The Kier molecular flexibility index (Phi) is 5.09. The van der Waals surface area contributed by atoms with Crippen LogP contribution in [-0.4, -0.2) is 47.9 Å². The Morgan fingerprint density at radius 3 is 2.37 bits per heavy atom. The summed E-state index contributed by atoms with van der Waals surface area (Å²) in [7, 11) is -0.672. The molecule has 1 aromatic carbocycles. The smallest absolute Gasteiger partial charge is 0.322 e. The zero-order valence-corrected chi connectivity index (χ0v) is 16.7. The molecule has 1 N–H and O–H groups in total. The van der Waals surface area contributed by atoms with Gasteiger partial charge in [-0.05, 0) is 38.1 Å². The van der Waals surface area contributed by atoms with Gasteiger partial charge < -0.3 is 4.42 Å². The van der Waals surface area contributed by atoms with Gasteiger partial charge in [0.05, 0.1) is 15.6 Å². The minimum Gasteiger partial charge on any atom is -0.402 e. The van der Waals surface area contributed by atoms with Crippen molar-refractivity contribution in [2.75, 3.05) is 19.4 Å². The molecule has 1 amide bonds. The molecule has 0 unspecified atom stereocenters. The number of aryl methyl sites for hydroxylation is 2. The lowest BCUT2D eigenvalue weighted by molar-refractivity contribution is 0.102. The third kappa shape index (κ3) is 3.89. The lowest BCUT2D eigenvalue weighted by Crippen LogP contribution is -2.22. The Morgan fingerprint density at radius 1 is 1.15 bits per heavy atom. The third-order valence-electron chi connectivity index (χ3n) is 3.64. The van der Waals surface area contributed by atoms with E-state index in [1.807, 2.05) is 13.8 Å². The van der Waals surface area contributed by atoms with Crippen LogP contribution in [0.1, 0.15) is 21.1 Å². The van der Waals surface area contributed by atoms with Gasteiger partial charge in [-0.1, -0.05) is 5.10 Å². The summed E-state index contributed by atoms with van der Waals surface area (Å²) in [5.74, 6) is -0.211. The molecule has 2 heterocycles. The zero-order chi connectivity index (χ0) is 19.8. The molecule has 0 aliphatic rings.